The lowest BCUT2D eigenvalue weighted by molar-refractivity contribution is 0.0770. The van der Waals surface area contributed by atoms with Gasteiger partial charge in [-0.2, -0.15) is 32.1 Å². The van der Waals surface area contributed by atoms with Crippen molar-refractivity contribution in [3.05, 3.63) is 110 Å². The summed E-state index contributed by atoms with van der Waals surface area (Å²) >= 11 is 1.28. The largest absolute Gasteiger partial charge is 0.334 e. The third-order valence-electron chi connectivity index (χ3n) is 13.3. The minimum absolute atomic E-state index is 0.0529. The van der Waals surface area contributed by atoms with E-state index in [1.165, 1.54) is 72.9 Å². The Morgan fingerprint density at radius 2 is 1.06 bits per heavy atom. The minimum atomic E-state index is -4.30. The van der Waals surface area contributed by atoms with Gasteiger partial charge < -0.3 is 15.5 Å². The second-order valence-electron chi connectivity index (χ2n) is 17.9. The number of anilines is 3. The van der Waals surface area contributed by atoms with Gasteiger partial charge in [-0.25, -0.2) is 24.0 Å². The number of nitrogens with zero attached hydrogens (tertiary/aromatic N) is 9. The van der Waals surface area contributed by atoms with Gasteiger partial charge in [0, 0.05) is 76.5 Å². The van der Waals surface area contributed by atoms with E-state index < -0.39 is 54.0 Å². The average Bonchev–Trinajstić information content (AvgIpc) is 4.16. The average molecular weight is 1010 g/mol. The lowest BCUT2D eigenvalue weighted by atomic mass is 9.99. The Labute approximate surface area is 408 Å². The topological polar surface area (TPSA) is 258 Å². The van der Waals surface area contributed by atoms with Crippen LogP contribution in [0.1, 0.15) is 96.9 Å². The van der Waals surface area contributed by atoms with Crippen molar-refractivity contribution in [2.45, 2.75) is 93.6 Å². The second-order valence-corrected chi connectivity index (χ2v) is 22.0. The SMILES string of the molecule is CN(C(=O)c1cc(S(=O)(=O)NC(=O)Nc2c3c(cc4c2CCC4)CCC3)nn1C)c1nccs1.CN(Cc1ccnn1C)C(=O)c1cc(S(=O)(=O)NC(=O)Nc2c3c(cc4c2CCC4)CCC3)nn1C. The van der Waals surface area contributed by atoms with Crippen LogP contribution in [0.5, 0.6) is 0 Å². The van der Waals surface area contributed by atoms with Crippen molar-refractivity contribution in [3.8, 4) is 0 Å². The fourth-order valence-corrected chi connectivity index (χ4v) is 12.2. The Kier molecular flexibility index (Phi) is 13.1. The van der Waals surface area contributed by atoms with E-state index >= 15 is 0 Å². The second kappa shape index (κ2) is 19.1. The van der Waals surface area contributed by atoms with Crippen LogP contribution in [0.3, 0.4) is 0 Å². The third kappa shape index (κ3) is 9.53. The molecule has 24 heteroatoms. The highest BCUT2D eigenvalue weighted by Gasteiger charge is 2.31. The van der Waals surface area contributed by atoms with Crippen molar-refractivity contribution in [1.82, 2.24) is 48.7 Å². The smallest absolute Gasteiger partial charge is 0.333 e. The number of carbonyl (C=O) groups excluding carboxylic acids is 4. The number of sulfonamides is 2. The molecule has 0 saturated heterocycles. The van der Waals surface area contributed by atoms with Gasteiger partial charge in [0.15, 0.2) is 15.2 Å². The molecule has 70 heavy (non-hydrogen) atoms. The van der Waals surface area contributed by atoms with E-state index in [-0.39, 0.29) is 17.9 Å². The molecule has 4 aliphatic carbocycles. The van der Waals surface area contributed by atoms with E-state index in [2.05, 4.69) is 52.5 Å². The molecule has 6 aromatic rings. The van der Waals surface area contributed by atoms with Crippen LogP contribution >= 0.6 is 11.3 Å². The summed E-state index contributed by atoms with van der Waals surface area (Å²) < 4.78 is 59.9. The van der Waals surface area contributed by atoms with Crippen molar-refractivity contribution in [2.24, 2.45) is 21.1 Å². The molecule has 6 amide bonds. The fourth-order valence-electron chi connectivity index (χ4n) is 9.81. The Morgan fingerprint density at radius 3 is 1.46 bits per heavy atom. The summed E-state index contributed by atoms with van der Waals surface area (Å²) in [7, 11) is -0.715. The van der Waals surface area contributed by atoms with Crippen LogP contribution in [-0.4, -0.2) is 94.0 Å². The first-order chi connectivity index (χ1) is 33.4. The number of urea groups is 2. The molecule has 0 bridgehead atoms. The first kappa shape index (κ1) is 48.1. The molecule has 21 nitrogen and oxygen atoms in total. The summed E-state index contributed by atoms with van der Waals surface area (Å²) in [6.07, 6.45) is 14.6. The molecule has 0 fully saturated rings. The normalized spacial score (nSPS) is 14.5. The van der Waals surface area contributed by atoms with Crippen molar-refractivity contribution >= 4 is 71.8 Å². The van der Waals surface area contributed by atoms with Gasteiger partial charge in [-0.15, -0.1) is 11.3 Å². The van der Waals surface area contributed by atoms with Crippen molar-refractivity contribution in [2.75, 3.05) is 29.6 Å². The zero-order valence-corrected chi connectivity index (χ0v) is 41.8. The van der Waals surface area contributed by atoms with Crippen LogP contribution in [0.25, 0.3) is 0 Å². The maximum atomic E-state index is 13.0. The number of amides is 6. The Balaban J connectivity index is 0.000000174. The molecule has 4 aromatic heterocycles. The lowest BCUT2D eigenvalue weighted by Gasteiger charge is -2.17. The maximum absolute atomic E-state index is 13.0. The van der Waals surface area contributed by atoms with Crippen molar-refractivity contribution in [3.63, 3.8) is 0 Å². The Morgan fingerprint density at radius 1 is 0.614 bits per heavy atom. The Bertz CT molecular complexity index is 3240. The number of fused-ring (bicyclic) bond motifs is 4. The van der Waals surface area contributed by atoms with Gasteiger partial charge in [0.2, 0.25) is 0 Å². The van der Waals surface area contributed by atoms with Crippen LogP contribution in [-0.2, 0) is 99.1 Å². The van der Waals surface area contributed by atoms with Gasteiger partial charge in [0.25, 0.3) is 31.9 Å². The lowest BCUT2D eigenvalue weighted by Crippen LogP contribution is -2.35. The monoisotopic (exact) mass is 1010 g/mol. The molecule has 4 aliphatic rings. The highest BCUT2D eigenvalue weighted by molar-refractivity contribution is 7.90. The third-order valence-corrected chi connectivity index (χ3v) is 16.5. The summed E-state index contributed by atoms with van der Waals surface area (Å²) in [4.78, 5) is 58.2. The number of hydrogen-bond donors (Lipinski definition) is 4. The summed E-state index contributed by atoms with van der Waals surface area (Å²) in [5.41, 5.74) is 11.8. The molecule has 4 heterocycles. The molecule has 0 atom stereocenters. The fraction of sp³-hybridized carbons (Fsp3) is 0.391. The number of carbonyl (C=O) groups is 4. The van der Waals surface area contributed by atoms with Crippen LogP contribution in [0.4, 0.5) is 26.1 Å². The maximum Gasteiger partial charge on any atom is 0.333 e. The molecule has 4 N–H and O–H groups in total. The number of benzene rings is 2. The van der Waals surface area contributed by atoms with Crippen molar-refractivity contribution in [1.29, 1.82) is 0 Å². The van der Waals surface area contributed by atoms with Gasteiger partial charge in [-0.3, -0.25) is 28.5 Å². The van der Waals surface area contributed by atoms with Crippen LogP contribution in [0.15, 0.2) is 58.2 Å². The van der Waals surface area contributed by atoms with E-state index in [9.17, 15) is 36.0 Å². The molecule has 368 valence electrons. The molecular weight excluding hydrogens is 959 g/mol. The first-order valence-corrected chi connectivity index (χ1v) is 26.7. The molecule has 2 aromatic carbocycles. The molecule has 0 saturated carbocycles. The molecular formula is C46H53N13O8S3. The number of hydrogen-bond acceptors (Lipinski definition) is 13. The highest BCUT2D eigenvalue weighted by Crippen LogP contribution is 2.40. The summed E-state index contributed by atoms with van der Waals surface area (Å²) in [6, 6.07) is 6.92. The predicted octanol–water partition coefficient (Wildman–Crippen LogP) is 4.55. The summed E-state index contributed by atoms with van der Waals surface area (Å²) in [5, 5.41) is 19.1. The molecule has 0 unspecified atom stereocenters. The van der Waals surface area contributed by atoms with Crippen LogP contribution in [0.2, 0.25) is 0 Å². The van der Waals surface area contributed by atoms with E-state index in [0.29, 0.717) is 5.13 Å². The van der Waals surface area contributed by atoms with Crippen LogP contribution in [0, 0.1) is 0 Å². The molecule has 0 radical (unpaired) electrons. The number of aromatic nitrogens is 7. The van der Waals surface area contributed by atoms with Crippen LogP contribution < -0.4 is 25.0 Å². The number of nitrogens with one attached hydrogen (secondary N) is 4. The zero-order chi connectivity index (χ0) is 49.6. The van der Waals surface area contributed by atoms with E-state index in [0.717, 1.165) is 122 Å². The van der Waals surface area contributed by atoms with Gasteiger partial charge in [-0.05, 0) is 128 Å². The van der Waals surface area contributed by atoms with E-state index in [1.807, 2.05) is 0 Å². The predicted molar refractivity (Wildman–Crippen MR) is 260 cm³/mol. The van der Waals surface area contributed by atoms with E-state index in [4.69, 9.17) is 0 Å². The first-order valence-electron chi connectivity index (χ1n) is 22.9. The number of thiazole rings is 1. The molecule has 0 aliphatic heterocycles. The van der Waals surface area contributed by atoms with Gasteiger partial charge in [0.1, 0.15) is 11.4 Å². The quantitative estimate of drug-likeness (QED) is 0.139. The number of rotatable bonds is 11. The van der Waals surface area contributed by atoms with Gasteiger partial charge >= 0.3 is 12.1 Å². The van der Waals surface area contributed by atoms with Gasteiger partial charge in [0.05, 0.1) is 12.2 Å². The highest BCUT2D eigenvalue weighted by atomic mass is 32.2. The molecule has 0 spiro atoms. The van der Waals surface area contributed by atoms with Crippen molar-refractivity contribution < 1.29 is 36.0 Å². The van der Waals surface area contributed by atoms with Gasteiger partial charge in [-0.1, -0.05) is 12.1 Å². The zero-order valence-electron chi connectivity index (χ0n) is 39.3. The number of aryl methyl sites for hydroxylation is 7. The summed E-state index contributed by atoms with van der Waals surface area (Å²) in [6.45, 7) is 0.287. The van der Waals surface area contributed by atoms with E-state index in [1.54, 1.807) is 49.7 Å². The standard InChI is InChI=1S/C24H29N7O4S.C22H24N6O4S2/c1-29(14-17-10-11-25-30(17)2)23(32)20-13-21(27-31(20)3)36(34,35)28-24(33)26-22-18-8-4-6-15(18)12-16-7-5-9-19(16)22;1-27(22-23-9-10-33-22)20(29)17-12-18(25-28(17)2)34(31,32)26-21(30)24-19-15-7-3-5-13(15)11-14-6-4-8-16(14)19/h10-13H,4-9,14H2,1-3H3,(H2,26,28,33);9-12H,3-8H2,1-2H3,(H2,24,26,30). The molecule has 10 rings (SSSR count). The minimum Gasteiger partial charge on any atom is -0.334 e. The summed E-state index contributed by atoms with van der Waals surface area (Å²) in [5.74, 6) is -0.876. The Hall–Kier alpha value is -6.92.